The number of aromatic nitrogens is 1. The topological polar surface area (TPSA) is 34.1 Å². The molecule has 3 nitrogen and oxygen atoms in total. The Bertz CT molecular complexity index is 499. The summed E-state index contributed by atoms with van der Waals surface area (Å²) in [6.45, 7) is 6.41. The van der Waals surface area contributed by atoms with Crippen LogP contribution in [-0.4, -0.2) is 24.2 Å². The molecule has 0 saturated heterocycles. The minimum Gasteiger partial charge on any atom is -0.380 e. The molecular formula is C15H20N2O. The van der Waals surface area contributed by atoms with Gasteiger partial charge in [-0.3, -0.25) is 4.98 Å². The Labute approximate surface area is 108 Å². The van der Waals surface area contributed by atoms with Crippen LogP contribution in [0.15, 0.2) is 36.4 Å². The van der Waals surface area contributed by atoms with Crippen LogP contribution in [0, 0.1) is 0 Å². The van der Waals surface area contributed by atoms with Gasteiger partial charge in [-0.05, 0) is 26.0 Å². The molecule has 0 spiro atoms. The highest BCUT2D eigenvalue weighted by Gasteiger charge is 2.02. The zero-order valence-electron chi connectivity index (χ0n) is 11.0. The summed E-state index contributed by atoms with van der Waals surface area (Å²) < 4.78 is 5.37. The first-order valence-electron chi connectivity index (χ1n) is 6.45. The number of para-hydroxylation sites is 1. The third-order valence-corrected chi connectivity index (χ3v) is 2.86. The molecule has 1 aromatic heterocycles. The van der Waals surface area contributed by atoms with Gasteiger partial charge in [0.25, 0.3) is 0 Å². The van der Waals surface area contributed by atoms with Crippen LogP contribution in [0.3, 0.4) is 0 Å². The maximum absolute atomic E-state index is 5.37. The summed E-state index contributed by atoms with van der Waals surface area (Å²) in [6, 6.07) is 12.7. The lowest BCUT2D eigenvalue weighted by atomic mass is 10.2. The van der Waals surface area contributed by atoms with Gasteiger partial charge in [-0.25, -0.2) is 0 Å². The second-order valence-electron chi connectivity index (χ2n) is 4.44. The lowest BCUT2D eigenvalue weighted by Gasteiger charge is -2.13. The summed E-state index contributed by atoms with van der Waals surface area (Å²) in [5.41, 5.74) is 2.12. The van der Waals surface area contributed by atoms with E-state index in [1.165, 1.54) is 5.39 Å². The molecule has 0 amide bonds. The zero-order valence-corrected chi connectivity index (χ0v) is 11.0. The van der Waals surface area contributed by atoms with E-state index in [0.717, 1.165) is 31.0 Å². The van der Waals surface area contributed by atoms with E-state index < -0.39 is 0 Å². The van der Waals surface area contributed by atoms with Gasteiger partial charge >= 0.3 is 0 Å². The van der Waals surface area contributed by atoms with E-state index in [1.807, 2.05) is 25.1 Å². The fraction of sp³-hybridized carbons (Fsp3) is 0.400. The molecule has 1 aromatic carbocycles. The van der Waals surface area contributed by atoms with Crippen LogP contribution in [0.1, 0.15) is 19.5 Å². The highest BCUT2D eigenvalue weighted by Crippen LogP contribution is 2.11. The Hall–Kier alpha value is -1.45. The first kappa shape index (κ1) is 13.0. The minimum absolute atomic E-state index is 0.346. The summed E-state index contributed by atoms with van der Waals surface area (Å²) in [6.07, 6.45) is 0. The molecule has 0 aliphatic rings. The van der Waals surface area contributed by atoms with Crippen LogP contribution in [0.2, 0.25) is 0 Å². The van der Waals surface area contributed by atoms with E-state index in [1.54, 1.807) is 0 Å². The fourth-order valence-electron chi connectivity index (χ4n) is 1.84. The molecule has 0 aliphatic carbocycles. The number of pyridine rings is 1. The molecule has 1 heterocycles. The van der Waals surface area contributed by atoms with Crippen molar-refractivity contribution in [3.05, 3.63) is 42.1 Å². The Balaban J connectivity index is 1.95. The number of nitrogens with zero attached hydrogens (tertiary/aromatic N) is 1. The smallest absolute Gasteiger partial charge is 0.0705 e. The molecule has 2 aromatic rings. The van der Waals surface area contributed by atoms with Gasteiger partial charge in [0.2, 0.25) is 0 Å². The highest BCUT2D eigenvalue weighted by molar-refractivity contribution is 5.78. The second-order valence-corrected chi connectivity index (χ2v) is 4.44. The lowest BCUT2D eigenvalue weighted by molar-refractivity contribution is 0.127. The standard InChI is InChI=1S/C15H20N2O/c1-3-18-11-12(2)16-10-14-9-8-13-6-4-5-7-15(13)17-14/h4-9,12,16H,3,10-11H2,1-2H3. The number of nitrogens with one attached hydrogen (secondary N) is 1. The summed E-state index contributed by atoms with van der Waals surface area (Å²) in [5.74, 6) is 0. The van der Waals surface area contributed by atoms with Crippen LogP contribution in [-0.2, 0) is 11.3 Å². The average Bonchev–Trinajstić information content (AvgIpc) is 2.42. The van der Waals surface area contributed by atoms with E-state index in [9.17, 15) is 0 Å². The molecule has 0 aliphatic heterocycles. The van der Waals surface area contributed by atoms with Gasteiger partial charge in [0.15, 0.2) is 0 Å². The highest BCUT2D eigenvalue weighted by atomic mass is 16.5. The molecule has 0 radical (unpaired) electrons. The van der Waals surface area contributed by atoms with Gasteiger partial charge in [-0.2, -0.15) is 0 Å². The molecule has 0 bridgehead atoms. The predicted octanol–water partition coefficient (Wildman–Crippen LogP) is 2.75. The third kappa shape index (κ3) is 3.52. The van der Waals surface area contributed by atoms with Crippen LogP contribution >= 0.6 is 0 Å². The molecule has 1 atom stereocenters. The van der Waals surface area contributed by atoms with Crippen molar-refractivity contribution in [1.29, 1.82) is 0 Å². The number of ether oxygens (including phenoxy) is 1. The second kappa shape index (κ2) is 6.47. The van der Waals surface area contributed by atoms with E-state index in [4.69, 9.17) is 4.74 Å². The molecule has 0 fully saturated rings. The largest absolute Gasteiger partial charge is 0.380 e. The van der Waals surface area contributed by atoms with E-state index in [2.05, 4.69) is 35.4 Å². The van der Waals surface area contributed by atoms with Crippen molar-refractivity contribution in [1.82, 2.24) is 10.3 Å². The molecule has 2 rings (SSSR count). The van der Waals surface area contributed by atoms with Crippen molar-refractivity contribution in [2.24, 2.45) is 0 Å². The minimum atomic E-state index is 0.346. The van der Waals surface area contributed by atoms with Crippen molar-refractivity contribution in [3.8, 4) is 0 Å². The molecule has 18 heavy (non-hydrogen) atoms. The normalized spacial score (nSPS) is 12.8. The van der Waals surface area contributed by atoms with Crippen molar-refractivity contribution >= 4 is 10.9 Å². The summed E-state index contributed by atoms with van der Waals surface area (Å²) in [4.78, 5) is 4.62. The van der Waals surface area contributed by atoms with Crippen LogP contribution < -0.4 is 5.32 Å². The van der Waals surface area contributed by atoms with Crippen molar-refractivity contribution in [3.63, 3.8) is 0 Å². The van der Waals surface area contributed by atoms with Gasteiger partial charge in [-0.1, -0.05) is 24.3 Å². The van der Waals surface area contributed by atoms with Gasteiger partial charge < -0.3 is 10.1 Å². The van der Waals surface area contributed by atoms with Gasteiger partial charge in [-0.15, -0.1) is 0 Å². The van der Waals surface area contributed by atoms with Crippen LogP contribution in [0.25, 0.3) is 10.9 Å². The van der Waals surface area contributed by atoms with Crippen molar-refractivity contribution < 1.29 is 4.74 Å². The van der Waals surface area contributed by atoms with Crippen molar-refractivity contribution in [2.75, 3.05) is 13.2 Å². The number of hydrogen-bond donors (Lipinski definition) is 1. The molecular weight excluding hydrogens is 224 g/mol. The Morgan fingerprint density at radius 1 is 1.22 bits per heavy atom. The summed E-state index contributed by atoms with van der Waals surface area (Å²) >= 11 is 0. The number of fused-ring (bicyclic) bond motifs is 1. The number of rotatable bonds is 6. The third-order valence-electron chi connectivity index (χ3n) is 2.86. The van der Waals surface area contributed by atoms with Gasteiger partial charge in [0, 0.05) is 24.6 Å². The quantitative estimate of drug-likeness (QED) is 0.848. The first-order chi connectivity index (χ1) is 8.79. The average molecular weight is 244 g/mol. The SMILES string of the molecule is CCOCC(C)NCc1ccc2ccccc2n1. The summed E-state index contributed by atoms with van der Waals surface area (Å²) in [5, 5.41) is 4.59. The van der Waals surface area contributed by atoms with E-state index in [-0.39, 0.29) is 0 Å². The molecule has 96 valence electrons. The fourth-order valence-corrected chi connectivity index (χ4v) is 1.84. The van der Waals surface area contributed by atoms with Crippen molar-refractivity contribution in [2.45, 2.75) is 26.4 Å². The predicted molar refractivity (Wildman–Crippen MR) is 74.5 cm³/mol. The molecule has 1 unspecified atom stereocenters. The monoisotopic (exact) mass is 244 g/mol. The Morgan fingerprint density at radius 3 is 2.89 bits per heavy atom. The lowest BCUT2D eigenvalue weighted by Crippen LogP contribution is -2.30. The first-order valence-corrected chi connectivity index (χ1v) is 6.45. The molecule has 1 N–H and O–H groups in total. The Morgan fingerprint density at radius 2 is 2.06 bits per heavy atom. The van der Waals surface area contributed by atoms with E-state index in [0.29, 0.717) is 6.04 Å². The number of benzene rings is 1. The summed E-state index contributed by atoms with van der Waals surface area (Å²) in [7, 11) is 0. The van der Waals surface area contributed by atoms with Gasteiger partial charge in [0.1, 0.15) is 0 Å². The van der Waals surface area contributed by atoms with Crippen LogP contribution in [0.4, 0.5) is 0 Å². The number of hydrogen-bond acceptors (Lipinski definition) is 3. The van der Waals surface area contributed by atoms with E-state index >= 15 is 0 Å². The van der Waals surface area contributed by atoms with Gasteiger partial charge in [0.05, 0.1) is 17.8 Å². The maximum atomic E-state index is 5.37. The molecule has 3 heteroatoms. The zero-order chi connectivity index (χ0) is 12.8. The van der Waals surface area contributed by atoms with Crippen LogP contribution in [0.5, 0.6) is 0 Å². The molecule has 0 saturated carbocycles. The Kier molecular flexibility index (Phi) is 4.67. The maximum Gasteiger partial charge on any atom is 0.0705 e.